The zero-order valence-corrected chi connectivity index (χ0v) is 14.0. The van der Waals surface area contributed by atoms with Gasteiger partial charge in [0.15, 0.2) is 15.6 Å². The van der Waals surface area contributed by atoms with Crippen LogP contribution < -0.4 is 5.32 Å². The van der Waals surface area contributed by atoms with E-state index in [4.69, 9.17) is 4.52 Å². The maximum absolute atomic E-state index is 12.0. The van der Waals surface area contributed by atoms with Crippen molar-refractivity contribution in [3.63, 3.8) is 0 Å². The summed E-state index contributed by atoms with van der Waals surface area (Å²) in [5, 5.41) is 6.45. The minimum atomic E-state index is -3.41. The maximum Gasteiger partial charge on any atom is 0.221 e. The van der Waals surface area contributed by atoms with Crippen molar-refractivity contribution in [1.29, 1.82) is 0 Å². The van der Waals surface area contributed by atoms with Gasteiger partial charge in [-0.1, -0.05) is 35.5 Å². The van der Waals surface area contributed by atoms with Crippen molar-refractivity contribution in [1.82, 2.24) is 10.5 Å². The minimum absolute atomic E-state index is 0.0768. The largest absolute Gasteiger partial charge is 0.360 e. The molecule has 0 spiro atoms. The second-order valence-electron chi connectivity index (χ2n) is 5.48. The first kappa shape index (κ1) is 17.2. The summed E-state index contributed by atoms with van der Waals surface area (Å²) in [6.07, 6.45) is -0.0768. The molecule has 1 unspecified atom stereocenters. The van der Waals surface area contributed by atoms with Crippen molar-refractivity contribution in [3.8, 4) is 0 Å². The van der Waals surface area contributed by atoms with Gasteiger partial charge >= 0.3 is 0 Å². The van der Waals surface area contributed by atoms with Crippen molar-refractivity contribution in [2.24, 2.45) is 0 Å². The lowest BCUT2D eigenvalue weighted by Gasteiger charge is -2.14. The van der Waals surface area contributed by atoms with Gasteiger partial charge in [0.05, 0.1) is 17.5 Å². The molecule has 7 heteroatoms. The first-order valence-corrected chi connectivity index (χ1v) is 9.15. The van der Waals surface area contributed by atoms with E-state index in [0.717, 1.165) is 5.56 Å². The van der Waals surface area contributed by atoms with Crippen LogP contribution in [0, 0.1) is 6.92 Å². The Bertz CT molecular complexity index is 753. The summed E-state index contributed by atoms with van der Waals surface area (Å²) in [5.41, 5.74) is 1.60. The van der Waals surface area contributed by atoms with Gasteiger partial charge in [-0.15, -0.1) is 0 Å². The molecule has 0 fully saturated rings. The molecule has 0 saturated heterocycles. The number of carbonyl (C=O) groups is 1. The van der Waals surface area contributed by atoms with E-state index in [1.165, 1.54) is 0 Å². The van der Waals surface area contributed by atoms with Crippen LogP contribution in [0.4, 0.5) is 0 Å². The van der Waals surface area contributed by atoms with E-state index in [2.05, 4.69) is 10.5 Å². The van der Waals surface area contributed by atoms with E-state index in [1.807, 2.05) is 37.3 Å². The van der Waals surface area contributed by atoms with Crippen LogP contribution in [0.2, 0.25) is 0 Å². The smallest absolute Gasteiger partial charge is 0.221 e. The standard InChI is InChI=1S/C16H20N2O4S/c1-12-10-15(22-18-12)11-23(20,21)9-8-16(19)17-13(2)14-6-4-3-5-7-14/h3-7,10,13H,8-9,11H2,1-2H3,(H,17,19). The molecule has 2 rings (SSSR count). The summed E-state index contributed by atoms with van der Waals surface area (Å²) >= 11 is 0. The molecule has 1 N–H and O–H groups in total. The summed E-state index contributed by atoms with van der Waals surface area (Å²) < 4.78 is 28.9. The summed E-state index contributed by atoms with van der Waals surface area (Å²) in [5.74, 6) is -0.464. The number of rotatable bonds is 7. The average molecular weight is 336 g/mol. The lowest BCUT2D eigenvalue weighted by Crippen LogP contribution is -2.28. The Balaban J connectivity index is 1.83. The first-order chi connectivity index (χ1) is 10.9. The third-order valence-electron chi connectivity index (χ3n) is 3.36. The van der Waals surface area contributed by atoms with E-state index >= 15 is 0 Å². The molecule has 0 aliphatic heterocycles. The minimum Gasteiger partial charge on any atom is -0.360 e. The number of amides is 1. The highest BCUT2D eigenvalue weighted by atomic mass is 32.2. The summed E-state index contributed by atoms with van der Waals surface area (Å²) in [6, 6.07) is 10.9. The molecule has 0 aliphatic carbocycles. The number of aryl methyl sites for hydroxylation is 1. The van der Waals surface area contributed by atoms with E-state index in [1.54, 1.807) is 13.0 Å². The fraction of sp³-hybridized carbons (Fsp3) is 0.375. The lowest BCUT2D eigenvalue weighted by molar-refractivity contribution is -0.121. The zero-order chi connectivity index (χ0) is 16.9. The van der Waals surface area contributed by atoms with Gasteiger partial charge in [-0.05, 0) is 19.4 Å². The SMILES string of the molecule is Cc1cc(CS(=O)(=O)CCC(=O)NC(C)c2ccccc2)on1. The molecule has 124 valence electrons. The number of carbonyl (C=O) groups excluding carboxylic acids is 1. The van der Waals surface area contributed by atoms with E-state index in [-0.39, 0.29) is 29.9 Å². The van der Waals surface area contributed by atoms with Gasteiger partial charge in [0, 0.05) is 12.5 Å². The van der Waals surface area contributed by atoms with Crippen molar-refractivity contribution in [2.75, 3.05) is 5.75 Å². The van der Waals surface area contributed by atoms with Crippen LogP contribution in [-0.4, -0.2) is 25.2 Å². The van der Waals surface area contributed by atoms with Crippen molar-refractivity contribution in [2.45, 2.75) is 32.1 Å². The molecular weight excluding hydrogens is 316 g/mol. The number of nitrogens with zero attached hydrogens (tertiary/aromatic N) is 1. The third kappa shape index (κ3) is 5.52. The van der Waals surface area contributed by atoms with E-state index < -0.39 is 9.84 Å². The van der Waals surface area contributed by atoms with Gasteiger partial charge in [0.25, 0.3) is 0 Å². The van der Waals surface area contributed by atoms with Gasteiger partial charge in [0.1, 0.15) is 5.75 Å². The molecule has 1 aromatic heterocycles. The van der Waals surface area contributed by atoms with Crippen LogP contribution in [0.25, 0.3) is 0 Å². The van der Waals surface area contributed by atoms with Crippen LogP contribution in [-0.2, 0) is 20.4 Å². The third-order valence-corrected chi connectivity index (χ3v) is 4.91. The molecule has 0 saturated carbocycles. The summed E-state index contributed by atoms with van der Waals surface area (Å²) in [7, 11) is -3.41. The fourth-order valence-corrected chi connectivity index (χ4v) is 3.37. The Morgan fingerprint density at radius 2 is 2.00 bits per heavy atom. The highest BCUT2D eigenvalue weighted by Gasteiger charge is 2.18. The van der Waals surface area contributed by atoms with Crippen LogP contribution >= 0.6 is 0 Å². The maximum atomic E-state index is 12.0. The van der Waals surface area contributed by atoms with Crippen molar-refractivity contribution >= 4 is 15.7 Å². The number of nitrogens with one attached hydrogen (secondary N) is 1. The monoisotopic (exact) mass is 336 g/mol. The molecular formula is C16H20N2O4S. The fourth-order valence-electron chi connectivity index (χ4n) is 2.16. The Morgan fingerprint density at radius 3 is 2.61 bits per heavy atom. The Labute approximate surface area is 135 Å². The molecule has 6 nitrogen and oxygen atoms in total. The second-order valence-corrected chi connectivity index (χ2v) is 7.66. The second kappa shape index (κ2) is 7.41. The molecule has 2 aromatic rings. The average Bonchev–Trinajstić information content (AvgIpc) is 2.90. The predicted octanol–water partition coefficient (Wildman–Crippen LogP) is 2.17. The molecule has 1 heterocycles. The lowest BCUT2D eigenvalue weighted by atomic mass is 10.1. The molecule has 0 radical (unpaired) electrons. The predicted molar refractivity (Wildman–Crippen MR) is 86.3 cm³/mol. The molecule has 1 amide bonds. The quantitative estimate of drug-likeness (QED) is 0.837. The first-order valence-electron chi connectivity index (χ1n) is 7.32. The zero-order valence-electron chi connectivity index (χ0n) is 13.2. The number of hydrogen-bond acceptors (Lipinski definition) is 5. The molecule has 0 bridgehead atoms. The van der Waals surface area contributed by atoms with Gasteiger partial charge in [0.2, 0.25) is 5.91 Å². The van der Waals surface area contributed by atoms with Crippen LogP contribution in [0.15, 0.2) is 40.9 Å². The van der Waals surface area contributed by atoms with Crippen molar-refractivity contribution < 1.29 is 17.7 Å². The van der Waals surface area contributed by atoms with Gasteiger partial charge in [-0.3, -0.25) is 4.79 Å². The Hall–Kier alpha value is -2.15. The van der Waals surface area contributed by atoms with Crippen molar-refractivity contribution in [3.05, 3.63) is 53.4 Å². The van der Waals surface area contributed by atoms with Gasteiger partial charge in [-0.25, -0.2) is 8.42 Å². The van der Waals surface area contributed by atoms with Crippen LogP contribution in [0.3, 0.4) is 0 Å². The van der Waals surface area contributed by atoms with Crippen LogP contribution in [0.5, 0.6) is 0 Å². The molecule has 23 heavy (non-hydrogen) atoms. The Kier molecular flexibility index (Phi) is 5.54. The summed E-state index contributed by atoms with van der Waals surface area (Å²) in [4.78, 5) is 11.9. The number of benzene rings is 1. The van der Waals surface area contributed by atoms with E-state index in [9.17, 15) is 13.2 Å². The number of hydrogen-bond donors (Lipinski definition) is 1. The number of sulfone groups is 1. The topological polar surface area (TPSA) is 89.3 Å². The van der Waals surface area contributed by atoms with Gasteiger partial charge in [-0.2, -0.15) is 0 Å². The Morgan fingerprint density at radius 1 is 1.30 bits per heavy atom. The van der Waals surface area contributed by atoms with Gasteiger partial charge < -0.3 is 9.84 Å². The molecule has 1 atom stereocenters. The van der Waals surface area contributed by atoms with Crippen LogP contribution in [0.1, 0.15) is 36.4 Å². The highest BCUT2D eigenvalue weighted by Crippen LogP contribution is 2.12. The highest BCUT2D eigenvalue weighted by molar-refractivity contribution is 7.90. The number of aromatic nitrogens is 1. The normalized spacial score (nSPS) is 12.8. The molecule has 0 aliphatic rings. The molecule has 1 aromatic carbocycles. The van der Waals surface area contributed by atoms with E-state index in [0.29, 0.717) is 11.5 Å². The summed E-state index contributed by atoms with van der Waals surface area (Å²) in [6.45, 7) is 3.58.